The maximum atomic E-state index is 13.6. The minimum absolute atomic E-state index is 0. The Bertz CT molecular complexity index is 944. The Hall–Kier alpha value is -3.53. The van der Waals surface area contributed by atoms with Crippen LogP contribution in [0.5, 0.6) is 0 Å². The number of nitrogens with one attached hydrogen (secondary N) is 2. The molecule has 2 rings (SSSR count). The summed E-state index contributed by atoms with van der Waals surface area (Å²) in [4.78, 5) is 15.9. The normalized spacial score (nSPS) is 10.9. The number of amides is 1. The summed E-state index contributed by atoms with van der Waals surface area (Å²) in [5, 5.41) is 14.4. The Morgan fingerprint density at radius 2 is 2.04 bits per heavy atom. The van der Waals surface area contributed by atoms with Crippen molar-refractivity contribution in [1.29, 1.82) is 5.26 Å². The Kier molecular flexibility index (Phi) is 6.39. The lowest BCUT2D eigenvalue weighted by molar-refractivity contribution is -0.115. The number of nitrogens with zero attached hydrogens (tertiary/aromatic N) is 2. The highest BCUT2D eigenvalue weighted by atomic mass is 19.2. The maximum absolute atomic E-state index is 13.6. The monoisotopic (exact) mass is 370 g/mol. The van der Waals surface area contributed by atoms with E-state index in [4.69, 9.17) is 5.26 Å². The second kappa shape index (κ2) is 8.72. The Morgan fingerprint density at radius 3 is 2.63 bits per heavy atom. The molecule has 0 unspecified atom stereocenters. The Labute approximate surface area is 157 Å². The maximum Gasteiger partial charge on any atom is 0.250 e. The molecule has 0 spiro atoms. The number of benzene rings is 2. The van der Waals surface area contributed by atoms with Crippen LogP contribution in [-0.2, 0) is 11.3 Å². The van der Waals surface area contributed by atoms with Crippen LogP contribution in [-0.4, -0.2) is 11.9 Å². The molecule has 0 heterocycles. The molecule has 0 saturated heterocycles. The van der Waals surface area contributed by atoms with E-state index in [0.29, 0.717) is 16.8 Å². The molecule has 0 radical (unpaired) electrons. The van der Waals surface area contributed by atoms with E-state index >= 15 is 0 Å². The summed E-state index contributed by atoms with van der Waals surface area (Å²) >= 11 is 0. The zero-order chi connectivity index (χ0) is 20.0. The van der Waals surface area contributed by atoms with Crippen molar-refractivity contribution in [3.8, 4) is 6.07 Å². The third-order valence-electron chi connectivity index (χ3n) is 3.73. The van der Waals surface area contributed by atoms with Crippen LogP contribution in [0.15, 0.2) is 48.0 Å². The Balaban J connectivity index is 0.00000392. The molecule has 2 N–H and O–H groups in total. The topological polar surface area (TPSA) is 77.3 Å². The highest BCUT2D eigenvalue weighted by Gasteiger charge is 2.09. The molecular weight excluding hydrogens is 350 g/mol. The van der Waals surface area contributed by atoms with E-state index in [-0.39, 0.29) is 19.5 Å². The number of hydrogen-bond donors (Lipinski definition) is 2. The molecule has 0 aromatic heterocycles. The summed E-state index contributed by atoms with van der Waals surface area (Å²) in [7, 11) is 0. The quantitative estimate of drug-likeness (QED) is 0.486. The molecule has 0 aliphatic heterocycles. The van der Waals surface area contributed by atoms with E-state index < -0.39 is 17.5 Å². The number of halogens is 2. The molecule has 0 fully saturated rings. The predicted molar refractivity (Wildman–Crippen MR) is 102 cm³/mol. The minimum atomic E-state index is -0.951. The molecule has 5 nitrogen and oxygen atoms in total. The van der Waals surface area contributed by atoms with Crippen molar-refractivity contribution < 1.29 is 15.0 Å². The van der Waals surface area contributed by atoms with Crippen LogP contribution < -0.4 is 10.6 Å². The first-order valence-corrected chi connectivity index (χ1v) is 8.04. The predicted octanol–water partition coefficient (Wildman–Crippen LogP) is 3.97. The van der Waals surface area contributed by atoms with Gasteiger partial charge in [0.1, 0.15) is 0 Å². The molecule has 1 amide bonds. The third kappa shape index (κ3) is 5.22. The van der Waals surface area contributed by atoms with Crippen LogP contribution >= 0.6 is 0 Å². The molecule has 7 heteroatoms. The molecule has 0 bridgehead atoms. The van der Waals surface area contributed by atoms with Crippen molar-refractivity contribution in [2.75, 3.05) is 5.32 Å². The zero-order valence-corrected chi connectivity index (χ0v) is 14.9. The number of aryl methyl sites for hydroxylation is 2. The molecule has 2 aromatic rings. The average Bonchev–Trinajstić information content (AvgIpc) is 2.65. The third-order valence-corrected chi connectivity index (χ3v) is 3.73. The molecule has 140 valence electrons. The summed E-state index contributed by atoms with van der Waals surface area (Å²) in [6.07, 6.45) is 1.09. The van der Waals surface area contributed by atoms with Crippen LogP contribution in [0.3, 0.4) is 0 Å². The van der Waals surface area contributed by atoms with Gasteiger partial charge in [-0.1, -0.05) is 12.6 Å². The average molecular weight is 370 g/mol. The van der Waals surface area contributed by atoms with Crippen molar-refractivity contribution >= 4 is 17.6 Å². The molecule has 0 aliphatic carbocycles. The zero-order valence-electron chi connectivity index (χ0n) is 14.9. The lowest BCUT2D eigenvalue weighted by atomic mass is 10.1. The number of hydrogen-bond acceptors (Lipinski definition) is 3. The van der Waals surface area contributed by atoms with Gasteiger partial charge in [-0.2, -0.15) is 5.26 Å². The largest absolute Gasteiger partial charge is 0.326 e. The van der Waals surface area contributed by atoms with Gasteiger partial charge in [0.05, 0.1) is 18.2 Å². The van der Waals surface area contributed by atoms with Gasteiger partial charge in [-0.05, 0) is 60.9 Å². The minimum Gasteiger partial charge on any atom is -0.326 e. The summed E-state index contributed by atoms with van der Waals surface area (Å²) < 4.78 is 27.0. The lowest BCUT2D eigenvalue weighted by Gasteiger charge is -2.13. The number of nitriles is 1. The fraction of sp³-hybridized carbons (Fsp3) is 0.150. The molecule has 0 aliphatic rings. The summed E-state index contributed by atoms with van der Waals surface area (Å²) in [5.74, 6) is -2.20. The highest BCUT2D eigenvalue weighted by molar-refractivity contribution is 6.07. The van der Waals surface area contributed by atoms with Crippen LogP contribution in [0.25, 0.3) is 0 Å². The second-order valence-corrected chi connectivity index (χ2v) is 5.83. The van der Waals surface area contributed by atoms with Crippen molar-refractivity contribution in [1.82, 2.24) is 5.32 Å². The number of guanidine groups is 1. The van der Waals surface area contributed by atoms with Gasteiger partial charge in [0.15, 0.2) is 11.6 Å². The van der Waals surface area contributed by atoms with Gasteiger partial charge in [0.25, 0.3) is 0 Å². The standard InChI is InChI=1S/C20H18F2N4O.H2/c1-4-18(27)26-20(25-17-6-5-14(10-23)7-12(17)2)24-11-15-8-13(3)19(22)16(21)9-15;/h4-9H,1,11H2,2-3H3,(H2,24,25,26,27);1H. The van der Waals surface area contributed by atoms with E-state index in [1.807, 2.05) is 6.07 Å². The van der Waals surface area contributed by atoms with Crippen LogP contribution in [0.2, 0.25) is 0 Å². The number of carbonyl (C=O) groups is 1. The molecule has 0 atom stereocenters. The highest BCUT2D eigenvalue weighted by Crippen LogP contribution is 2.17. The van der Waals surface area contributed by atoms with Crippen molar-refractivity contribution in [2.24, 2.45) is 4.99 Å². The van der Waals surface area contributed by atoms with Crippen LogP contribution in [0.1, 0.15) is 23.7 Å². The lowest BCUT2D eigenvalue weighted by Crippen LogP contribution is -2.35. The number of rotatable bonds is 4. The van der Waals surface area contributed by atoms with E-state index in [2.05, 4.69) is 22.2 Å². The van der Waals surface area contributed by atoms with Gasteiger partial charge in [0, 0.05) is 7.11 Å². The number of anilines is 1. The summed E-state index contributed by atoms with van der Waals surface area (Å²) in [6, 6.07) is 9.59. The second-order valence-electron chi connectivity index (χ2n) is 5.83. The molecular formula is C20H20F2N4O. The van der Waals surface area contributed by atoms with E-state index in [9.17, 15) is 13.6 Å². The number of aliphatic imine (C=N–C) groups is 1. The van der Waals surface area contributed by atoms with Crippen molar-refractivity contribution in [2.45, 2.75) is 20.4 Å². The molecule has 2 aromatic carbocycles. The SMILES string of the molecule is C=CC(=O)NC(=NCc1cc(C)c(F)c(F)c1)Nc1ccc(C#N)cc1C.[HH]. The first kappa shape index (κ1) is 19.8. The molecule has 0 saturated carbocycles. The summed E-state index contributed by atoms with van der Waals surface area (Å²) in [5.41, 5.74) is 2.55. The fourth-order valence-electron chi connectivity index (χ4n) is 2.34. The van der Waals surface area contributed by atoms with E-state index in [1.54, 1.807) is 25.1 Å². The van der Waals surface area contributed by atoms with Crippen LogP contribution in [0, 0.1) is 36.8 Å². The first-order chi connectivity index (χ1) is 12.8. The van der Waals surface area contributed by atoms with Gasteiger partial charge in [-0.15, -0.1) is 0 Å². The Morgan fingerprint density at radius 1 is 1.30 bits per heavy atom. The van der Waals surface area contributed by atoms with Gasteiger partial charge >= 0.3 is 0 Å². The van der Waals surface area contributed by atoms with Crippen molar-refractivity contribution in [3.05, 3.63) is 76.9 Å². The van der Waals surface area contributed by atoms with Gasteiger partial charge < -0.3 is 5.32 Å². The molecule has 27 heavy (non-hydrogen) atoms. The van der Waals surface area contributed by atoms with Gasteiger partial charge in [-0.3, -0.25) is 10.1 Å². The number of carbonyl (C=O) groups excluding carboxylic acids is 1. The van der Waals surface area contributed by atoms with Crippen molar-refractivity contribution in [3.63, 3.8) is 0 Å². The van der Waals surface area contributed by atoms with E-state index in [0.717, 1.165) is 17.7 Å². The van der Waals surface area contributed by atoms with Gasteiger partial charge in [0.2, 0.25) is 11.9 Å². The van der Waals surface area contributed by atoms with E-state index in [1.165, 1.54) is 13.0 Å². The summed E-state index contributed by atoms with van der Waals surface area (Å²) in [6.45, 7) is 6.67. The smallest absolute Gasteiger partial charge is 0.250 e. The van der Waals surface area contributed by atoms with Gasteiger partial charge in [-0.25, -0.2) is 13.8 Å². The first-order valence-electron chi connectivity index (χ1n) is 8.04. The van der Waals surface area contributed by atoms with Crippen LogP contribution in [0.4, 0.5) is 14.5 Å². The fourth-order valence-corrected chi connectivity index (χ4v) is 2.34.